The molecule has 1 aliphatic rings. The van der Waals surface area contributed by atoms with E-state index in [2.05, 4.69) is 69.1 Å². The van der Waals surface area contributed by atoms with Crippen molar-refractivity contribution in [3.8, 4) is 0 Å². The van der Waals surface area contributed by atoms with E-state index >= 15 is 0 Å². The first-order valence-corrected chi connectivity index (χ1v) is 8.34. The van der Waals surface area contributed by atoms with E-state index in [9.17, 15) is 0 Å². The molecule has 0 aliphatic carbocycles. The number of aryl methyl sites for hydroxylation is 3. The number of thiol groups is 1. The molecule has 0 saturated heterocycles. The van der Waals surface area contributed by atoms with Gasteiger partial charge >= 0.3 is 0 Å². The van der Waals surface area contributed by atoms with E-state index < -0.39 is 0 Å². The molecule has 0 unspecified atom stereocenters. The molecule has 2 aromatic rings. The summed E-state index contributed by atoms with van der Waals surface area (Å²) in [7, 11) is 0. The molecule has 6 nitrogen and oxygen atoms in total. The molecular formula is C16H22N6S. The monoisotopic (exact) mass is 330 g/mol. The predicted molar refractivity (Wildman–Crippen MR) is 98.2 cm³/mol. The molecule has 0 bridgehead atoms. The van der Waals surface area contributed by atoms with E-state index in [1.807, 2.05) is 6.92 Å². The van der Waals surface area contributed by atoms with Crippen molar-refractivity contribution in [2.45, 2.75) is 20.8 Å². The molecule has 3 rings (SSSR count). The first kappa shape index (κ1) is 16.0. The molecule has 122 valence electrons. The molecule has 23 heavy (non-hydrogen) atoms. The van der Waals surface area contributed by atoms with Crippen molar-refractivity contribution in [3.05, 3.63) is 29.0 Å². The van der Waals surface area contributed by atoms with Gasteiger partial charge in [-0.15, -0.1) is 0 Å². The zero-order valence-electron chi connectivity index (χ0n) is 13.7. The average Bonchev–Trinajstić information content (AvgIpc) is 2.51. The fourth-order valence-electron chi connectivity index (χ4n) is 2.73. The van der Waals surface area contributed by atoms with E-state index in [1.165, 1.54) is 5.56 Å². The summed E-state index contributed by atoms with van der Waals surface area (Å²) in [6.07, 6.45) is 0. The minimum atomic E-state index is 0.579. The maximum atomic E-state index is 4.66. The van der Waals surface area contributed by atoms with Crippen LogP contribution in [-0.4, -0.2) is 46.5 Å². The van der Waals surface area contributed by atoms with Gasteiger partial charge in [0, 0.05) is 17.7 Å². The first-order chi connectivity index (χ1) is 11.1. The van der Waals surface area contributed by atoms with Crippen LogP contribution in [0.1, 0.15) is 16.8 Å². The Morgan fingerprint density at radius 3 is 2.78 bits per heavy atom. The first-order valence-electron chi connectivity index (χ1n) is 7.71. The summed E-state index contributed by atoms with van der Waals surface area (Å²) in [5, 5.41) is 7.54. The van der Waals surface area contributed by atoms with Crippen LogP contribution in [0.15, 0.2) is 17.1 Å². The van der Waals surface area contributed by atoms with Crippen molar-refractivity contribution in [2.75, 3.05) is 31.0 Å². The fourth-order valence-corrected chi connectivity index (χ4v) is 3.02. The molecular weight excluding hydrogens is 308 g/mol. The summed E-state index contributed by atoms with van der Waals surface area (Å²) in [5.41, 5.74) is 4.34. The minimum absolute atomic E-state index is 0.579. The highest BCUT2D eigenvalue weighted by Crippen LogP contribution is 2.22. The van der Waals surface area contributed by atoms with Gasteiger partial charge in [0.25, 0.3) is 0 Å². The van der Waals surface area contributed by atoms with Crippen LogP contribution in [0.2, 0.25) is 0 Å². The van der Waals surface area contributed by atoms with Crippen molar-refractivity contribution < 1.29 is 0 Å². The van der Waals surface area contributed by atoms with Gasteiger partial charge in [-0.05, 0) is 32.4 Å². The number of aliphatic imine (C=N–C) groups is 1. The van der Waals surface area contributed by atoms with Crippen LogP contribution < -0.4 is 10.6 Å². The third-order valence-corrected chi connectivity index (χ3v) is 4.07. The van der Waals surface area contributed by atoms with E-state index in [0.717, 1.165) is 41.1 Å². The number of hydrogen-bond acceptors (Lipinski definition) is 7. The van der Waals surface area contributed by atoms with E-state index in [-0.39, 0.29) is 0 Å². The fraction of sp³-hybridized carbons (Fsp3) is 0.438. The van der Waals surface area contributed by atoms with Gasteiger partial charge in [0.2, 0.25) is 11.9 Å². The summed E-state index contributed by atoms with van der Waals surface area (Å²) >= 11 is 4.24. The third-order valence-electron chi connectivity index (χ3n) is 3.87. The van der Waals surface area contributed by atoms with Crippen LogP contribution in [-0.2, 0) is 0 Å². The van der Waals surface area contributed by atoms with Crippen molar-refractivity contribution in [1.29, 1.82) is 0 Å². The van der Waals surface area contributed by atoms with Gasteiger partial charge in [-0.2, -0.15) is 12.6 Å². The number of benzene rings is 1. The molecule has 0 saturated carbocycles. The molecule has 1 aliphatic heterocycles. The zero-order valence-corrected chi connectivity index (χ0v) is 14.6. The molecule has 0 spiro atoms. The lowest BCUT2D eigenvalue weighted by Crippen LogP contribution is -2.46. The second kappa shape index (κ2) is 6.72. The normalized spacial score (nSPS) is 15.4. The van der Waals surface area contributed by atoms with E-state index in [0.29, 0.717) is 18.6 Å². The average molecular weight is 330 g/mol. The van der Waals surface area contributed by atoms with Crippen LogP contribution >= 0.6 is 12.6 Å². The highest BCUT2D eigenvalue weighted by molar-refractivity contribution is 7.80. The van der Waals surface area contributed by atoms with Gasteiger partial charge < -0.3 is 5.32 Å². The van der Waals surface area contributed by atoms with Crippen LogP contribution in [0.3, 0.4) is 0 Å². The lowest BCUT2D eigenvalue weighted by atomic mass is 10.1. The van der Waals surface area contributed by atoms with E-state index in [4.69, 9.17) is 0 Å². The Bertz CT molecular complexity index is 758. The van der Waals surface area contributed by atoms with Gasteiger partial charge in [0.05, 0.1) is 24.5 Å². The van der Waals surface area contributed by atoms with Crippen LogP contribution in [0, 0.1) is 20.8 Å². The summed E-state index contributed by atoms with van der Waals surface area (Å²) < 4.78 is 0. The molecule has 7 heteroatoms. The Kier molecular flexibility index (Phi) is 4.68. The topological polar surface area (TPSA) is 65.4 Å². The third kappa shape index (κ3) is 3.56. The van der Waals surface area contributed by atoms with E-state index in [1.54, 1.807) is 0 Å². The predicted octanol–water partition coefficient (Wildman–Crippen LogP) is 2.07. The number of nitrogens with zero attached hydrogens (tertiary/aromatic N) is 4. The summed E-state index contributed by atoms with van der Waals surface area (Å²) in [6, 6.07) is 4.28. The molecule has 0 amide bonds. The number of fused-ring (bicyclic) bond motifs is 1. The van der Waals surface area contributed by atoms with Gasteiger partial charge in [0.15, 0.2) is 0 Å². The van der Waals surface area contributed by atoms with Gasteiger partial charge in [-0.1, -0.05) is 11.6 Å². The maximum absolute atomic E-state index is 4.66. The highest BCUT2D eigenvalue weighted by atomic mass is 32.1. The number of nitrogens with one attached hydrogen (secondary N) is 2. The Hall–Kier alpha value is -1.86. The van der Waals surface area contributed by atoms with Crippen molar-refractivity contribution >= 4 is 35.4 Å². The lowest BCUT2D eigenvalue weighted by molar-refractivity contribution is 0.282. The molecule has 2 N–H and O–H groups in total. The second-order valence-electron chi connectivity index (χ2n) is 5.84. The highest BCUT2D eigenvalue weighted by Gasteiger charge is 2.13. The Morgan fingerprint density at radius 2 is 2.09 bits per heavy atom. The Balaban J connectivity index is 1.84. The zero-order chi connectivity index (χ0) is 16.4. The molecule has 1 aromatic carbocycles. The molecule has 1 aromatic heterocycles. The van der Waals surface area contributed by atoms with Crippen LogP contribution in [0.25, 0.3) is 10.9 Å². The number of hydrogen-bond donors (Lipinski definition) is 3. The number of guanidine groups is 1. The van der Waals surface area contributed by atoms with Gasteiger partial charge in [-0.3, -0.25) is 10.2 Å². The van der Waals surface area contributed by atoms with Gasteiger partial charge in [0.1, 0.15) is 0 Å². The van der Waals surface area contributed by atoms with Crippen molar-refractivity contribution in [1.82, 2.24) is 20.2 Å². The quantitative estimate of drug-likeness (QED) is 0.752. The largest absolute Gasteiger partial charge is 0.343 e. The lowest BCUT2D eigenvalue weighted by Gasteiger charge is -2.26. The number of aromatic nitrogens is 2. The minimum Gasteiger partial charge on any atom is -0.343 e. The SMILES string of the molecule is Cc1cc(C)c2nc(NC3=NCN(CCS)CN3)nc(C)c2c1. The molecule has 0 fully saturated rings. The number of anilines is 1. The van der Waals surface area contributed by atoms with Crippen LogP contribution in [0.4, 0.5) is 5.95 Å². The standard InChI is InChI=1S/C16H22N6S/c1-10-6-11(2)14-13(7-10)12(3)19-16(20-14)21-15-17-8-22(4-5-23)9-18-15/h6-7,23H,4-5,8-9H2,1-3H3,(H2,17,18,19,20,21). The van der Waals surface area contributed by atoms with Gasteiger partial charge in [-0.25, -0.2) is 15.0 Å². The Labute approximate surface area is 141 Å². The summed E-state index contributed by atoms with van der Waals surface area (Å²) in [6.45, 7) is 8.50. The molecule has 2 heterocycles. The second-order valence-corrected chi connectivity index (χ2v) is 6.28. The Morgan fingerprint density at radius 1 is 1.26 bits per heavy atom. The molecule has 0 radical (unpaired) electrons. The maximum Gasteiger partial charge on any atom is 0.230 e. The van der Waals surface area contributed by atoms with Crippen molar-refractivity contribution in [3.63, 3.8) is 0 Å². The molecule has 0 atom stereocenters. The number of rotatable bonds is 3. The summed E-state index contributed by atoms with van der Waals surface area (Å²) in [4.78, 5) is 15.9. The van der Waals surface area contributed by atoms with Crippen LogP contribution in [0.5, 0.6) is 0 Å². The smallest absolute Gasteiger partial charge is 0.230 e. The summed E-state index contributed by atoms with van der Waals surface area (Å²) in [5.74, 6) is 2.12. The van der Waals surface area contributed by atoms with Crippen molar-refractivity contribution in [2.24, 2.45) is 4.99 Å².